The van der Waals surface area contributed by atoms with Crippen molar-refractivity contribution < 1.29 is 8.42 Å². The lowest BCUT2D eigenvalue weighted by Gasteiger charge is -2.09. The number of rotatable bonds is 5. The highest BCUT2D eigenvalue weighted by Crippen LogP contribution is 2.20. The summed E-state index contributed by atoms with van der Waals surface area (Å²) in [6.45, 7) is 0.122. The molecule has 0 saturated heterocycles. The van der Waals surface area contributed by atoms with Crippen LogP contribution in [0.4, 0.5) is 0 Å². The maximum absolute atomic E-state index is 12.2. The third-order valence-electron chi connectivity index (χ3n) is 3.24. The van der Waals surface area contributed by atoms with Crippen LogP contribution in [0.1, 0.15) is 5.56 Å². The van der Waals surface area contributed by atoms with Crippen LogP contribution in [0, 0.1) is 0 Å². The zero-order valence-corrected chi connectivity index (χ0v) is 13.2. The van der Waals surface area contributed by atoms with Crippen molar-refractivity contribution in [3.8, 4) is 11.3 Å². The summed E-state index contributed by atoms with van der Waals surface area (Å²) >= 11 is 0. The van der Waals surface area contributed by atoms with E-state index in [0.717, 1.165) is 11.1 Å². The van der Waals surface area contributed by atoms with E-state index in [1.165, 1.54) is 12.5 Å². The summed E-state index contributed by atoms with van der Waals surface area (Å²) in [6, 6.07) is 7.29. The molecule has 0 aliphatic carbocycles. The summed E-state index contributed by atoms with van der Waals surface area (Å²) in [7, 11) is -1.95. The fraction of sp³-hybridized carbons (Fsp3) is 0.133. The summed E-state index contributed by atoms with van der Waals surface area (Å²) < 4.78 is 28.6. The Morgan fingerprint density at radius 3 is 2.70 bits per heavy atom. The Bertz CT molecular complexity index is 906. The van der Waals surface area contributed by atoms with Gasteiger partial charge in [-0.15, -0.1) is 0 Å². The molecule has 0 aliphatic rings. The predicted molar refractivity (Wildman–Crippen MR) is 84.7 cm³/mol. The summed E-state index contributed by atoms with van der Waals surface area (Å²) in [4.78, 5) is 12.3. The van der Waals surface area contributed by atoms with Gasteiger partial charge in [-0.05, 0) is 23.8 Å². The lowest BCUT2D eigenvalue weighted by molar-refractivity contribution is 0.578. The number of sulfonamides is 1. The molecule has 0 amide bonds. The molecule has 0 aromatic carbocycles. The van der Waals surface area contributed by atoms with Gasteiger partial charge >= 0.3 is 0 Å². The maximum atomic E-state index is 12.2. The minimum atomic E-state index is -3.66. The number of nitrogens with zero attached hydrogens (tertiary/aromatic N) is 4. The first kappa shape index (κ1) is 15.3. The van der Waals surface area contributed by atoms with Crippen molar-refractivity contribution >= 4 is 10.0 Å². The minimum absolute atomic E-state index is 0.00758. The van der Waals surface area contributed by atoms with Crippen LogP contribution in [0.15, 0.2) is 60.4 Å². The first-order valence-electron chi connectivity index (χ1n) is 6.88. The number of hydrogen-bond acceptors (Lipinski definition) is 5. The van der Waals surface area contributed by atoms with Gasteiger partial charge in [0.1, 0.15) is 0 Å². The van der Waals surface area contributed by atoms with Crippen molar-refractivity contribution in [1.29, 1.82) is 0 Å². The largest absolute Gasteiger partial charge is 0.339 e. The van der Waals surface area contributed by atoms with Crippen LogP contribution >= 0.6 is 0 Å². The van der Waals surface area contributed by atoms with E-state index in [4.69, 9.17) is 0 Å². The molecule has 118 valence electrons. The van der Waals surface area contributed by atoms with E-state index < -0.39 is 10.0 Å². The number of hydrogen-bond donors (Lipinski definition) is 1. The van der Waals surface area contributed by atoms with E-state index in [1.807, 2.05) is 18.2 Å². The molecular weight excluding hydrogens is 314 g/mol. The van der Waals surface area contributed by atoms with Crippen LogP contribution in [-0.4, -0.2) is 27.9 Å². The molecule has 0 spiro atoms. The third-order valence-corrected chi connectivity index (χ3v) is 4.52. The number of imidazole rings is 1. The van der Waals surface area contributed by atoms with Gasteiger partial charge in [-0.2, -0.15) is 0 Å². The highest BCUT2D eigenvalue weighted by Gasteiger charge is 2.17. The fourth-order valence-electron chi connectivity index (χ4n) is 2.12. The Hall–Kier alpha value is -2.58. The average molecular weight is 329 g/mol. The van der Waals surface area contributed by atoms with Crippen molar-refractivity contribution in [1.82, 2.24) is 24.2 Å². The van der Waals surface area contributed by atoms with Gasteiger partial charge in [0.2, 0.25) is 0 Å². The molecule has 1 N–H and O–H groups in total. The highest BCUT2D eigenvalue weighted by molar-refractivity contribution is 7.89. The van der Waals surface area contributed by atoms with Gasteiger partial charge in [-0.1, -0.05) is 6.07 Å². The highest BCUT2D eigenvalue weighted by atomic mass is 32.2. The van der Waals surface area contributed by atoms with Gasteiger partial charge in [0, 0.05) is 43.9 Å². The Morgan fingerprint density at radius 1 is 1.17 bits per heavy atom. The predicted octanol–water partition coefficient (Wildman–Crippen LogP) is 1.36. The van der Waals surface area contributed by atoms with E-state index in [-0.39, 0.29) is 11.6 Å². The second-order valence-electron chi connectivity index (χ2n) is 4.95. The third kappa shape index (κ3) is 3.43. The zero-order valence-electron chi connectivity index (χ0n) is 12.4. The van der Waals surface area contributed by atoms with E-state index in [2.05, 4.69) is 19.7 Å². The Balaban J connectivity index is 1.84. The van der Waals surface area contributed by atoms with Crippen molar-refractivity contribution in [2.45, 2.75) is 11.6 Å². The number of nitrogens with one attached hydrogen (secondary N) is 1. The van der Waals surface area contributed by atoms with E-state index in [1.54, 1.807) is 36.3 Å². The normalized spacial score (nSPS) is 11.5. The standard InChI is InChI=1S/C15H15N5O2S/c1-20-10-14(18-11-20)23(21,22)19-9-13-5-3-7-17-15(13)12-4-2-6-16-8-12/h2-8,10-11,19H,9H2,1H3. The van der Waals surface area contributed by atoms with Crippen molar-refractivity contribution in [2.75, 3.05) is 0 Å². The van der Waals surface area contributed by atoms with Crippen LogP contribution in [0.3, 0.4) is 0 Å². The van der Waals surface area contributed by atoms with E-state index >= 15 is 0 Å². The summed E-state index contributed by atoms with van der Waals surface area (Å²) in [5.74, 6) is 0. The van der Waals surface area contributed by atoms with Crippen LogP contribution in [0.25, 0.3) is 11.3 Å². The lowest BCUT2D eigenvalue weighted by atomic mass is 10.1. The van der Waals surface area contributed by atoms with Crippen molar-refractivity contribution in [3.63, 3.8) is 0 Å². The minimum Gasteiger partial charge on any atom is -0.339 e. The zero-order chi connectivity index (χ0) is 16.3. The molecule has 7 nitrogen and oxygen atoms in total. The molecule has 0 saturated carbocycles. The van der Waals surface area contributed by atoms with Crippen LogP contribution < -0.4 is 4.72 Å². The molecule has 0 bridgehead atoms. The molecule has 0 radical (unpaired) electrons. The summed E-state index contributed by atoms with van der Waals surface area (Å²) in [5.41, 5.74) is 2.30. The Labute approximate surface area is 134 Å². The summed E-state index contributed by atoms with van der Waals surface area (Å²) in [6.07, 6.45) is 7.93. The van der Waals surface area contributed by atoms with E-state index in [0.29, 0.717) is 5.69 Å². The van der Waals surface area contributed by atoms with Gasteiger partial charge in [0.25, 0.3) is 10.0 Å². The van der Waals surface area contributed by atoms with Gasteiger partial charge in [0.15, 0.2) is 5.03 Å². The molecular formula is C15H15N5O2S. The topological polar surface area (TPSA) is 89.8 Å². The van der Waals surface area contributed by atoms with Crippen LogP contribution in [-0.2, 0) is 23.6 Å². The Kier molecular flexibility index (Phi) is 4.18. The lowest BCUT2D eigenvalue weighted by Crippen LogP contribution is -2.24. The van der Waals surface area contributed by atoms with Crippen molar-refractivity contribution in [2.24, 2.45) is 7.05 Å². The maximum Gasteiger partial charge on any atom is 0.259 e. The first-order chi connectivity index (χ1) is 11.1. The molecule has 0 aliphatic heterocycles. The molecule has 0 unspecified atom stereocenters. The average Bonchev–Trinajstić information content (AvgIpc) is 3.02. The molecule has 3 aromatic heterocycles. The monoisotopic (exact) mass is 329 g/mol. The molecule has 0 atom stereocenters. The molecule has 0 fully saturated rings. The van der Waals surface area contributed by atoms with Gasteiger partial charge in [0.05, 0.1) is 12.0 Å². The molecule has 8 heteroatoms. The van der Waals surface area contributed by atoms with Gasteiger partial charge in [-0.25, -0.2) is 18.1 Å². The van der Waals surface area contributed by atoms with Crippen LogP contribution in [0.5, 0.6) is 0 Å². The molecule has 3 rings (SSSR count). The molecule has 3 heterocycles. The Morgan fingerprint density at radius 2 is 2.00 bits per heavy atom. The van der Waals surface area contributed by atoms with Gasteiger partial charge in [-0.3, -0.25) is 9.97 Å². The first-order valence-corrected chi connectivity index (χ1v) is 8.36. The fourth-order valence-corrected chi connectivity index (χ4v) is 3.10. The molecule has 23 heavy (non-hydrogen) atoms. The second-order valence-corrected chi connectivity index (χ2v) is 6.67. The van der Waals surface area contributed by atoms with Crippen molar-refractivity contribution in [3.05, 3.63) is 60.9 Å². The second kappa shape index (κ2) is 6.27. The number of aryl methyl sites for hydroxylation is 1. The van der Waals surface area contributed by atoms with Gasteiger partial charge < -0.3 is 4.57 Å². The number of pyridine rings is 2. The smallest absolute Gasteiger partial charge is 0.259 e. The quantitative estimate of drug-likeness (QED) is 0.763. The SMILES string of the molecule is Cn1cnc(S(=O)(=O)NCc2cccnc2-c2cccnc2)c1. The molecule has 3 aromatic rings. The summed E-state index contributed by atoms with van der Waals surface area (Å²) in [5, 5.41) is -0.00758. The van der Waals surface area contributed by atoms with Crippen LogP contribution in [0.2, 0.25) is 0 Å². The number of aromatic nitrogens is 4. The van der Waals surface area contributed by atoms with E-state index in [9.17, 15) is 8.42 Å².